The van der Waals surface area contributed by atoms with Gasteiger partial charge in [-0.1, -0.05) is 24.3 Å². The molecule has 25 heteroatoms. The van der Waals surface area contributed by atoms with Crippen molar-refractivity contribution < 1.29 is 90.0 Å². The van der Waals surface area contributed by atoms with Gasteiger partial charge in [0.15, 0.2) is 6.29 Å². The van der Waals surface area contributed by atoms with Gasteiger partial charge in [-0.15, -0.1) is 0 Å². The minimum Gasteiger partial charge on any atom is -0.493 e. The number of likely N-dealkylation sites (N-methyl/N-ethyl adjacent to an activating group) is 1. The molecule has 9 N–H and O–H groups in total. The fourth-order valence-electron chi connectivity index (χ4n) is 7.03. The van der Waals surface area contributed by atoms with E-state index in [9.17, 15) is 0 Å². The number of rotatable bonds is 43. The van der Waals surface area contributed by atoms with Crippen LogP contribution in [-0.4, -0.2) is 254 Å². The summed E-state index contributed by atoms with van der Waals surface area (Å²) >= 11 is 0. The van der Waals surface area contributed by atoms with E-state index in [-0.39, 0.29) is 69.8 Å². The average Bonchev–Trinajstić information content (AvgIpc) is 4.65. The Morgan fingerprint density at radius 1 is 0.382 bits per heavy atom. The van der Waals surface area contributed by atoms with Crippen molar-refractivity contribution in [2.24, 2.45) is 17.2 Å². The fraction of sp³-hybridized carbons (Fsp3) is 0.625. The third-order valence-corrected chi connectivity index (χ3v) is 11.7. The second-order valence-electron chi connectivity index (χ2n) is 18.8. The number of hydrogen-bond donors (Lipinski definition) is 6. The third-order valence-electron chi connectivity index (χ3n) is 11.7. The zero-order valence-electron chi connectivity index (χ0n) is 55.9. The highest BCUT2D eigenvalue weighted by molar-refractivity contribution is 5.35. The molecule has 2 fully saturated rings. The van der Waals surface area contributed by atoms with Crippen LogP contribution in [0.3, 0.4) is 0 Å². The Labute approximate surface area is 531 Å². The van der Waals surface area contributed by atoms with Crippen LogP contribution in [0.15, 0.2) is 97.1 Å². The molecule has 2 heterocycles. The molecule has 6 rings (SSSR count). The quantitative estimate of drug-likeness (QED) is 0.0258. The van der Waals surface area contributed by atoms with Crippen molar-refractivity contribution in [2.45, 2.75) is 61.9 Å². The van der Waals surface area contributed by atoms with Gasteiger partial charge in [0.2, 0.25) is 0 Å². The van der Waals surface area contributed by atoms with Crippen molar-refractivity contribution in [3.63, 3.8) is 0 Å². The first kappa shape index (κ1) is 83.6. The summed E-state index contributed by atoms with van der Waals surface area (Å²) in [4.78, 5) is 0. The van der Waals surface area contributed by atoms with Gasteiger partial charge in [0, 0.05) is 93.4 Å². The summed E-state index contributed by atoms with van der Waals surface area (Å²) in [7, 11) is 25.2. The highest BCUT2D eigenvalue weighted by atomic mass is 16.7. The van der Waals surface area contributed by atoms with Crippen molar-refractivity contribution in [1.82, 2.24) is 16.0 Å². The Balaban J connectivity index is 0.00000227. The Morgan fingerprint density at radius 2 is 0.685 bits per heavy atom. The Hall–Kier alpha value is -5.40. The Bertz CT molecular complexity index is 2160. The molecule has 0 bridgehead atoms. The first-order chi connectivity index (χ1) is 43.6. The summed E-state index contributed by atoms with van der Waals surface area (Å²) in [6.45, 7) is 6.63. The van der Waals surface area contributed by atoms with Crippen LogP contribution in [0.1, 0.15) is 12.8 Å². The summed E-state index contributed by atoms with van der Waals surface area (Å²) < 4.78 is 108. The van der Waals surface area contributed by atoms with Gasteiger partial charge in [-0.2, -0.15) is 0 Å². The molecule has 2 aliphatic heterocycles. The van der Waals surface area contributed by atoms with Crippen molar-refractivity contribution in [3.05, 3.63) is 97.1 Å². The summed E-state index contributed by atoms with van der Waals surface area (Å²) in [5, 5.41) is 8.69. The first-order valence-electron chi connectivity index (χ1n) is 29.6. The maximum atomic E-state index is 6.40. The van der Waals surface area contributed by atoms with Crippen LogP contribution in [-0.2, 0) is 52.1 Å². The van der Waals surface area contributed by atoms with Crippen LogP contribution in [0.2, 0.25) is 0 Å². The van der Waals surface area contributed by atoms with E-state index >= 15 is 0 Å². The standard InChI is InChI=1S/C45H69NO15.C12H14O4.2C2H7N.3CH5N/c1-46-25-41(28-56-36-14-10-13-35(23-36)55-21-19-45(52-7)53-8)60-33-44(32-59-39-17-11-16-38(24-39)57-29-42(50-5)27-48-3)61-31-43(51-6)30-58-37-15-9-12-34(22-37)54-20-18-40(49-4)26-47-2;1-2-9(13-5-11-7-15-11)4-10(3-1)14-6-12-8-16-12;2*1-3-2;3*1-2/h9-17,22-24,40-46H,18-21,25-33H2,1-8H3;1-4,11-12H,5-8H2;2*3H,1-2H3;3*2H2,1H3. The molecule has 7 atom stereocenters. The zero-order valence-corrected chi connectivity index (χ0v) is 55.9. The van der Waals surface area contributed by atoms with E-state index in [4.69, 9.17) is 90.0 Å². The van der Waals surface area contributed by atoms with E-state index in [1.807, 2.05) is 132 Å². The summed E-state index contributed by atoms with van der Waals surface area (Å²) in [5.74, 6) is 5.54. The Morgan fingerprint density at radius 3 is 1.03 bits per heavy atom. The van der Waals surface area contributed by atoms with Crippen LogP contribution < -0.4 is 71.0 Å². The molecular weight excluding hydrogens is 1160 g/mol. The van der Waals surface area contributed by atoms with Crippen LogP contribution >= 0.6 is 0 Å². The topological polar surface area (TPSA) is 296 Å². The lowest BCUT2D eigenvalue weighted by molar-refractivity contribution is -0.110. The molecular formula is C64H112N6O19. The third kappa shape index (κ3) is 43.1. The minimum atomic E-state index is -0.494. The zero-order chi connectivity index (χ0) is 66.1. The largest absolute Gasteiger partial charge is 0.493 e. The predicted molar refractivity (Wildman–Crippen MR) is 346 cm³/mol. The van der Waals surface area contributed by atoms with Gasteiger partial charge in [0.1, 0.15) is 122 Å². The molecule has 25 nitrogen and oxygen atoms in total. The number of ether oxygens (including phenoxy) is 19. The molecule has 0 aromatic heterocycles. The molecule has 0 spiro atoms. The fourth-order valence-corrected chi connectivity index (χ4v) is 7.03. The van der Waals surface area contributed by atoms with Gasteiger partial charge in [-0.25, -0.2) is 0 Å². The number of methoxy groups -OCH3 is 7. The molecule has 89 heavy (non-hydrogen) atoms. The Kier molecular flexibility index (Phi) is 54.2. The number of epoxide rings is 2. The van der Waals surface area contributed by atoms with Gasteiger partial charge in [0.25, 0.3) is 0 Å². The highest BCUT2D eigenvalue weighted by Gasteiger charge is 2.25. The van der Waals surface area contributed by atoms with Gasteiger partial charge in [-0.05, 0) is 105 Å². The molecule has 4 aromatic carbocycles. The van der Waals surface area contributed by atoms with Crippen LogP contribution in [0, 0.1) is 0 Å². The average molecular weight is 1270 g/mol. The van der Waals surface area contributed by atoms with Crippen molar-refractivity contribution in [3.8, 4) is 46.0 Å². The summed E-state index contributed by atoms with van der Waals surface area (Å²) in [6.07, 6.45) is 0.0399. The molecule has 512 valence electrons. The molecule has 2 saturated heterocycles. The molecule has 7 unspecified atom stereocenters. The van der Waals surface area contributed by atoms with Gasteiger partial charge in [-0.3, -0.25) is 0 Å². The predicted octanol–water partition coefficient (Wildman–Crippen LogP) is 4.72. The van der Waals surface area contributed by atoms with Crippen molar-refractivity contribution in [1.29, 1.82) is 0 Å². The van der Waals surface area contributed by atoms with E-state index in [1.54, 1.807) is 49.8 Å². The number of hydrogen-bond acceptors (Lipinski definition) is 25. The smallest absolute Gasteiger partial charge is 0.160 e. The van der Waals surface area contributed by atoms with E-state index in [0.29, 0.717) is 100 Å². The van der Waals surface area contributed by atoms with E-state index in [0.717, 1.165) is 24.7 Å². The molecule has 4 aromatic rings. The monoisotopic (exact) mass is 1270 g/mol. The lowest BCUT2D eigenvalue weighted by Crippen LogP contribution is -2.38. The second kappa shape index (κ2) is 57.7. The highest BCUT2D eigenvalue weighted by Crippen LogP contribution is 2.25. The van der Waals surface area contributed by atoms with Gasteiger partial charge < -0.3 is 123 Å². The van der Waals surface area contributed by atoms with Gasteiger partial charge >= 0.3 is 0 Å². The number of nitrogens with one attached hydrogen (secondary N) is 3. The maximum Gasteiger partial charge on any atom is 0.160 e. The summed E-state index contributed by atoms with van der Waals surface area (Å²) in [5.41, 5.74) is 13.5. The molecule has 2 aliphatic rings. The maximum absolute atomic E-state index is 6.40. The van der Waals surface area contributed by atoms with Crippen LogP contribution in [0.25, 0.3) is 0 Å². The van der Waals surface area contributed by atoms with Crippen molar-refractivity contribution >= 4 is 0 Å². The lowest BCUT2D eigenvalue weighted by atomic mass is 10.3. The SMILES string of the molecule is CN.CN.CN.CNC.CNC.CNCC(COc1cccc(OCCC(OC)OC)c1)OCC(COc1cccc(OCC(COC)OC)c1)OCC(COc1cccc(OCCC(COC)OC)c1)OC.c1cc(OCC2CO2)cc(OCC2CO2)c1. The molecule has 0 radical (unpaired) electrons. The normalized spacial score (nSPS) is 14.9. The van der Waals surface area contributed by atoms with E-state index in [2.05, 4.69) is 33.2 Å². The van der Waals surface area contributed by atoms with E-state index in [1.165, 1.54) is 21.1 Å². The van der Waals surface area contributed by atoms with Crippen molar-refractivity contribution in [2.75, 3.05) is 205 Å². The number of benzene rings is 4. The lowest BCUT2D eigenvalue weighted by Gasteiger charge is -2.25. The first-order valence-corrected chi connectivity index (χ1v) is 29.6. The molecule has 0 saturated carbocycles. The summed E-state index contributed by atoms with van der Waals surface area (Å²) in [6, 6.07) is 30.0. The van der Waals surface area contributed by atoms with Crippen LogP contribution in [0.5, 0.6) is 46.0 Å². The van der Waals surface area contributed by atoms with Gasteiger partial charge in [0.05, 0.1) is 59.0 Å². The van der Waals surface area contributed by atoms with E-state index < -0.39 is 12.2 Å². The minimum absolute atomic E-state index is 0.0422. The second-order valence-corrected chi connectivity index (χ2v) is 18.8. The molecule has 0 amide bonds. The van der Waals surface area contributed by atoms with Crippen LogP contribution in [0.4, 0.5) is 0 Å². The molecule has 0 aliphatic carbocycles. The number of nitrogens with two attached hydrogens (primary N) is 3.